The molecule has 0 atom stereocenters. The summed E-state index contributed by atoms with van der Waals surface area (Å²) in [6.07, 6.45) is 0. The molecule has 1 aliphatic rings. The topological polar surface area (TPSA) is 61.6 Å². The van der Waals surface area contributed by atoms with E-state index in [0.29, 0.717) is 6.54 Å². The number of hydrogen-bond acceptors (Lipinski definition) is 4. The van der Waals surface area contributed by atoms with Crippen LogP contribution in [0, 0.1) is 0 Å². The predicted molar refractivity (Wildman–Crippen MR) is 121 cm³/mol. The van der Waals surface area contributed by atoms with Crippen LogP contribution in [0.3, 0.4) is 0 Å². The lowest BCUT2D eigenvalue weighted by Crippen LogP contribution is -2.50. The zero-order valence-electron chi connectivity index (χ0n) is 15.6. The van der Waals surface area contributed by atoms with E-state index >= 15 is 0 Å². The van der Waals surface area contributed by atoms with Crippen molar-refractivity contribution >= 4 is 46.4 Å². The van der Waals surface area contributed by atoms with Gasteiger partial charge in [0, 0.05) is 9.79 Å². The second-order valence-corrected chi connectivity index (χ2v) is 8.07. The van der Waals surface area contributed by atoms with E-state index in [1.165, 1.54) is 5.01 Å². The number of nitrogens with one attached hydrogen (secondary N) is 1. The fraction of sp³-hybridized carbons (Fsp3) is 0.0909. The van der Waals surface area contributed by atoms with Crippen LogP contribution in [0.4, 0.5) is 11.4 Å². The van der Waals surface area contributed by atoms with Crippen molar-refractivity contribution in [3.63, 3.8) is 0 Å². The molecule has 146 valence electrons. The van der Waals surface area contributed by atoms with Crippen LogP contribution in [0.25, 0.3) is 0 Å². The molecule has 3 N–H and O–H groups in total. The number of nitrogens with zero attached hydrogens (tertiary/aromatic N) is 2. The van der Waals surface area contributed by atoms with Crippen molar-refractivity contribution in [1.82, 2.24) is 10.4 Å². The van der Waals surface area contributed by atoms with Gasteiger partial charge in [0.1, 0.15) is 6.54 Å². The predicted octanol–water partition coefficient (Wildman–Crippen LogP) is 4.07. The van der Waals surface area contributed by atoms with Crippen molar-refractivity contribution < 1.29 is 4.79 Å². The molecule has 7 heteroatoms. The van der Waals surface area contributed by atoms with Crippen LogP contribution in [0.5, 0.6) is 0 Å². The summed E-state index contributed by atoms with van der Waals surface area (Å²) in [5, 5.41) is 1.63. The number of nitrogens with two attached hydrogens (primary N) is 1. The number of carbonyl (C=O) groups excluding carboxylic acids is 1. The lowest BCUT2D eigenvalue weighted by Gasteiger charge is -2.33. The van der Waals surface area contributed by atoms with Crippen molar-refractivity contribution in [2.45, 2.75) is 16.3 Å². The third-order valence-electron chi connectivity index (χ3n) is 4.54. The Bertz CT molecular complexity index is 996. The minimum atomic E-state index is -0.190. The molecular weight excluding hydrogens is 400 g/mol. The third-order valence-corrected chi connectivity index (χ3v) is 5.89. The molecule has 0 saturated carbocycles. The molecule has 0 unspecified atom stereocenters. The molecule has 1 amide bonds. The van der Waals surface area contributed by atoms with Crippen LogP contribution < -0.4 is 16.1 Å². The number of anilines is 2. The highest BCUT2D eigenvalue weighted by atomic mass is 32.2. The van der Waals surface area contributed by atoms with Crippen LogP contribution in [0.2, 0.25) is 0 Å². The van der Waals surface area contributed by atoms with Gasteiger partial charge in [-0.05, 0) is 42.0 Å². The maximum absolute atomic E-state index is 12.9. The summed E-state index contributed by atoms with van der Waals surface area (Å²) in [5.74, 6) is -0.190. The van der Waals surface area contributed by atoms with Crippen LogP contribution in [-0.2, 0) is 11.3 Å². The molecule has 0 fully saturated rings. The van der Waals surface area contributed by atoms with Gasteiger partial charge in [-0.1, -0.05) is 66.4 Å². The first-order chi connectivity index (χ1) is 14.1. The van der Waals surface area contributed by atoms with E-state index in [2.05, 4.69) is 17.6 Å². The monoisotopic (exact) mass is 420 g/mol. The van der Waals surface area contributed by atoms with Crippen LogP contribution in [0.15, 0.2) is 88.7 Å². The lowest BCUT2D eigenvalue weighted by atomic mass is 10.2. The van der Waals surface area contributed by atoms with Crippen LogP contribution in [0.1, 0.15) is 5.56 Å². The Labute approximate surface area is 179 Å². The van der Waals surface area contributed by atoms with E-state index in [-0.39, 0.29) is 17.6 Å². The van der Waals surface area contributed by atoms with Gasteiger partial charge in [-0.15, -0.1) is 0 Å². The average molecular weight is 421 g/mol. The van der Waals surface area contributed by atoms with Crippen molar-refractivity contribution in [2.75, 3.05) is 11.4 Å². The smallest absolute Gasteiger partial charge is 0.258 e. The molecule has 29 heavy (non-hydrogen) atoms. The third kappa shape index (κ3) is 4.36. The fourth-order valence-electron chi connectivity index (χ4n) is 3.22. The van der Waals surface area contributed by atoms with Gasteiger partial charge in [-0.25, -0.2) is 0 Å². The van der Waals surface area contributed by atoms with Crippen LogP contribution >= 0.6 is 24.0 Å². The summed E-state index contributed by atoms with van der Waals surface area (Å²) >= 11 is 6.85. The summed E-state index contributed by atoms with van der Waals surface area (Å²) in [6.45, 7) is 0.563. The van der Waals surface area contributed by atoms with E-state index in [1.807, 2.05) is 71.6 Å². The SMILES string of the molecule is NC(=S)N(Cc1ccccc1)NC(=O)CN1c2ccccc2Sc2ccccc21. The summed E-state index contributed by atoms with van der Waals surface area (Å²) in [7, 11) is 0. The average Bonchev–Trinajstić information content (AvgIpc) is 2.74. The molecule has 4 rings (SSSR count). The lowest BCUT2D eigenvalue weighted by molar-refractivity contribution is -0.123. The summed E-state index contributed by atoms with van der Waals surface area (Å²) in [6, 6.07) is 25.9. The summed E-state index contributed by atoms with van der Waals surface area (Å²) < 4.78 is 0. The number of benzene rings is 3. The number of hydrazine groups is 1. The maximum Gasteiger partial charge on any atom is 0.258 e. The van der Waals surface area contributed by atoms with E-state index in [1.54, 1.807) is 11.8 Å². The summed E-state index contributed by atoms with van der Waals surface area (Å²) in [5.41, 5.74) is 11.7. The Morgan fingerprint density at radius 1 is 0.931 bits per heavy atom. The number of para-hydroxylation sites is 2. The molecule has 5 nitrogen and oxygen atoms in total. The Kier molecular flexibility index (Phi) is 5.69. The Morgan fingerprint density at radius 3 is 2.07 bits per heavy atom. The van der Waals surface area contributed by atoms with E-state index < -0.39 is 0 Å². The number of thiocarbonyl (C=S) groups is 1. The molecule has 0 aromatic heterocycles. The van der Waals surface area contributed by atoms with Gasteiger partial charge in [0.25, 0.3) is 5.91 Å². The second-order valence-electron chi connectivity index (χ2n) is 6.57. The van der Waals surface area contributed by atoms with Gasteiger partial charge in [0.05, 0.1) is 17.9 Å². The Balaban J connectivity index is 1.54. The molecular formula is C22H20N4OS2. The fourth-order valence-corrected chi connectivity index (χ4v) is 4.43. The highest BCUT2D eigenvalue weighted by Crippen LogP contribution is 2.47. The first-order valence-corrected chi connectivity index (χ1v) is 10.4. The van der Waals surface area contributed by atoms with Gasteiger partial charge >= 0.3 is 0 Å². The maximum atomic E-state index is 12.9. The largest absolute Gasteiger partial charge is 0.375 e. The van der Waals surface area contributed by atoms with Gasteiger partial charge in [-0.3, -0.25) is 15.2 Å². The van der Waals surface area contributed by atoms with Crippen molar-refractivity contribution in [3.8, 4) is 0 Å². The highest BCUT2D eigenvalue weighted by molar-refractivity contribution is 7.99. The number of carbonyl (C=O) groups is 1. The molecule has 0 spiro atoms. The second kappa shape index (κ2) is 8.55. The highest BCUT2D eigenvalue weighted by Gasteiger charge is 2.25. The quantitative estimate of drug-likeness (QED) is 0.490. The first-order valence-electron chi connectivity index (χ1n) is 9.15. The first kappa shape index (κ1) is 19.3. The summed E-state index contributed by atoms with van der Waals surface area (Å²) in [4.78, 5) is 17.2. The minimum Gasteiger partial charge on any atom is -0.375 e. The Hall–Kier alpha value is -3.03. The normalized spacial score (nSPS) is 11.9. The molecule has 0 aliphatic carbocycles. The number of amides is 1. The van der Waals surface area contributed by atoms with E-state index in [9.17, 15) is 4.79 Å². The van der Waals surface area contributed by atoms with Gasteiger partial charge in [0.15, 0.2) is 5.11 Å². The molecule has 1 aliphatic heterocycles. The molecule has 1 heterocycles. The standard InChI is InChI=1S/C22H20N4OS2/c23-22(28)26(14-16-8-2-1-3-9-16)24-21(27)15-25-17-10-4-6-12-19(17)29-20-13-7-5-11-18(20)25/h1-13H,14-15H2,(H2,23,28)(H,24,27). The zero-order valence-corrected chi connectivity index (χ0v) is 17.2. The van der Waals surface area contributed by atoms with Crippen molar-refractivity contribution in [1.29, 1.82) is 0 Å². The minimum absolute atomic E-state index is 0.122. The van der Waals surface area contributed by atoms with E-state index in [4.69, 9.17) is 18.0 Å². The van der Waals surface area contributed by atoms with Gasteiger partial charge in [-0.2, -0.15) is 0 Å². The number of hydrogen-bond donors (Lipinski definition) is 2. The van der Waals surface area contributed by atoms with Gasteiger partial charge in [0.2, 0.25) is 0 Å². The van der Waals surface area contributed by atoms with E-state index in [0.717, 1.165) is 26.7 Å². The van der Waals surface area contributed by atoms with Gasteiger partial charge < -0.3 is 10.6 Å². The van der Waals surface area contributed by atoms with Crippen molar-refractivity contribution in [2.24, 2.45) is 5.73 Å². The molecule has 3 aromatic rings. The molecule has 0 radical (unpaired) electrons. The zero-order chi connectivity index (χ0) is 20.2. The number of fused-ring (bicyclic) bond motifs is 2. The molecule has 3 aromatic carbocycles. The number of rotatable bonds is 4. The van der Waals surface area contributed by atoms with Crippen LogP contribution in [-0.4, -0.2) is 22.6 Å². The Morgan fingerprint density at radius 2 is 1.48 bits per heavy atom. The molecule has 0 saturated heterocycles. The molecule has 0 bridgehead atoms. The van der Waals surface area contributed by atoms with Crippen molar-refractivity contribution in [3.05, 3.63) is 84.4 Å².